The van der Waals surface area contributed by atoms with Gasteiger partial charge in [-0.05, 0) is 89.9 Å². The van der Waals surface area contributed by atoms with Crippen LogP contribution in [0.25, 0.3) is 0 Å². The molecule has 1 atom stereocenters. The van der Waals surface area contributed by atoms with E-state index in [1.54, 1.807) is 0 Å². The maximum Gasteiger partial charge on any atom is 0.306 e. The van der Waals surface area contributed by atoms with Crippen LogP contribution in [-0.2, 0) is 28.6 Å². The van der Waals surface area contributed by atoms with E-state index in [9.17, 15) is 14.4 Å². The van der Waals surface area contributed by atoms with Crippen LogP contribution in [0.15, 0.2) is 60.8 Å². The Kier molecular flexibility index (Phi) is 61.2. The molecule has 0 heterocycles. The van der Waals surface area contributed by atoms with Gasteiger partial charge in [-0.15, -0.1) is 0 Å². The molecule has 0 fully saturated rings. The highest BCUT2D eigenvalue weighted by molar-refractivity contribution is 5.71. The minimum atomic E-state index is -0.779. The SMILES string of the molecule is CCCCC/C=C\C/C=C\CCCCCCCCCCCC(=O)OC(COC(=O)CCCCCCCCCC/C=C\C/C=C\C/C=C\CCCCCCC)COC(=O)CCCCCCCCCCCCCCCCC. The molecule has 0 aromatic rings. The summed E-state index contributed by atoms with van der Waals surface area (Å²) < 4.78 is 17.0. The van der Waals surface area contributed by atoms with Crippen LogP contribution in [0.5, 0.6) is 0 Å². The van der Waals surface area contributed by atoms with Gasteiger partial charge in [-0.2, -0.15) is 0 Å². The van der Waals surface area contributed by atoms with Crippen molar-refractivity contribution in [2.24, 2.45) is 0 Å². The van der Waals surface area contributed by atoms with E-state index in [1.165, 1.54) is 218 Å². The summed E-state index contributed by atoms with van der Waals surface area (Å²) in [6.45, 7) is 6.64. The van der Waals surface area contributed by atoms with Crippen molar-refractivity contribution < 1.29 is 28.6 Å². The Morgan fingerprint density at radius 3 is 0.773 bits per heavy atom. The minimum absolute atomic E-state index is 0.0749. The Labute approximate surface area is 466 Å². The Hall–Kier alpha value is -2.89. The van der Waals surface area contributed by atoms with Crippen molar-refractivity contribution in [3.05, 3.63) is 60.8 Å². The fourth-order valence-corrected chi connectivity index (χ4v) is 9.54. The van der Waals surface area contributed by atoms with Crippen LogP contribution in [0.2, 0.25) is 0 Å². The second kappa shape index (κ2) is 63.6. The van der Waals surface area contributed by atoms with E-state index in [0.29, 0.717) is 19.3 Å². The lowest BCUT2D eigenvalue weighted by molar-refractivity contribution is -0.167. The van der Waals surface area contributed by atoms with Crippen LogP contribution >= 0.6 is 0 Å². The number of hydrogen-bond donors (Lipinski definition) is 0. The van der Waals surface area contributed by atoms with Crippen molar-refractivity contribution in [1.82, 2.24) is 0 Å². The topological polar surface area (TPSA) is 78.9 Å². The van der Waals surface area contributed by atoms with Crippen LogP contribution in [0.3, 0.4) is 0 Å². The number of hydrogen-bond acceptors (Lipinski definition) is 6. The molecule has 0 aliphatic rings. The Morgan fingerprint density at radius 1 is 0.267 bits per heavy atom. The zero-order valence-electron chi connectivity index (χ0n) is 50.1. The molecule has 0 aromatic carbocycles. The van der Waals surface area contributed by atoms with Gasteiger partial charge in [0.1, 0.15) is 13.2 Å². The number of carbonyl (C=O) groups is 3. The zero-order chi connectivity index (χ0) is 54.3. The highest BCUT2D eigenvalue weighted by Crippen LogP contribution is 2.17. The van der Waals surface area contributed by atoms with Crippen LogP contribution in [-0.4, -0.2) is 37.2 Å². The van der Waals surface area contributed by atoms with Crippen molar-refractivity contribution in [3.8, 4) is 0 Å². The number of carbonyl (C=O) groups excluding carboxylic acids is 3. The van der Waals surface area contributed by atoms with Crippen LogP contribution in [0.4, 0.5) is 0 Å². The molecule has 0 saturated carbocycles. The summed E-state index contributed by atoms with van der Waals surface area (Å²) >= 11 is 0. The maximum atomic E-state index is 12.9. The molecule has 6 heteroatoms. The van der Waals surface area contributed by atoms with Gasteiger partial charge in [0, 0.05) is 19.3 Å². The van der Waals surface area contributed by atoms with Gasteiger partial charge in [-0.3, -0.25) is 14.4 Å². The molecule has 0 bridgehead atoms. The van der Waals surface area contributed by atoms with Gasteiger partial charge in [0.25, 0.3) is 0 Å². The molecule has 0 radical (unpaired) electrons. The summed E-state index contributed by atoms with van der Waals surface area (Å²) in [5.41, 5.74) is 0. The highest BCUT2D eigenvalue weighted by Gasteiger charge is 2.19. The standard InChI is InChI=1S/C69H124O6/c1-4-7-10-13-16-19-22-25-28-30-32-33-34-35-37-38-41-44-47-50-53-56-59-62-68(71)74-65-66(64-73-67(70)61-58-55-52-49-46-43-40-27-24-21-18-15-12-9-6-3)75-69(72)63-60-57-54-51-48-45-42-39-36-31-29-26-23-20-17-14-11-8-5-2/h17,20,22,25-26,29-30,32,34-35,66H,4-16,18-19,21,23-24,27-28,31,33,36-65H2,1-3H3/b20-17-,25-22-,29-26-,32-30-,35-34-. The molecule has 0 rings (SSSR count). The Bertz CT molecular complexity index is 1340. The van der Waals surface area contributed by atoms with Crippen molar-refractivity contribution in [2.75, 3.05) is 13.2 Å². The first-order valence-corrected chi connectivity index (χ1v) is 32.8. The van der Waals surface area contributed by atoms with Crippen LogP contribution < -0.4 is 0 Å². The van der Waals surface area contributed by atoms with Gasteiger partial charge >= 0.3 is 17.9 Å². The molecular formula is C69H124O6. The number of rotatable bonds is 60. The first-order chi connectivity index (χ1) is 37.0. The summed E-state index contributed by atoms with van der Waals surface area (Å²) in [6, 6.07) is 0. The Balaban J connectivity index is 4.35. The normalized spacial score (nSPS) is 12.4. The first kappa shape index (κ1) is 72.1. The van der Waals surface area contributed by atoms with Gasteiger partial charge in [0.2, 0.25) is 0 Å². The minimum Gasteiger partial charge on any atom is -0.462 e. The van der Waals surface area contributed by atoms with Crippen molar-refractivity contribution in [2.45, 2.75) is 348 Å². The molecule has 436 valence electrons. The third kappa shape index (κ3) is 61.8. The predicted octanol–water partition coefficient (Wildman–Crippen LogP) is 22.3. The lowest BCUT2D eigenvalue weighted by Gasteiger charge is -2.18. The predicted molar refractivity (Wildman–Crippen MR) is 325 cm³/mol. The van der Waals surface area contributed by atoms with Gasteiger partial charge < -0.3 is 14.2 Å². The van der Waals surface area contributed by atoms with E-state index >= 15 is 0 Å². The van der Waals surface area contributed by atoms with E-state index in [0.717, 1.165) is 83.5 Å². The fraction of sp³-hybridized carbons (Fsp3) is 0.812. The molecular weight excluding hydrogens is 925 g/mol. The maximum absolute atomic E-state index is 12.9. The van der Waals surface area contributed by atoms with Crippen LogP contribution in [0, 0.1) is 0 Å². The number of allylic oxidation sites excluding steroid dienone is 10. The van der Waals surface area contributed by atoms with Gasteiger partial charge in [0.15, 0.2) is 6.10 Å². The van der Waals surface area contributed by atoms with Crippen LogP contribution in [0.1, 0.15) is 342 Å². The summed E-state index contributed by atoms with van der Waals surface area (Å²) in [5.74, 6) is -0.867. The molecule has 0 N–H and O–H groups in total. The lowest BCUT2D eigenvalue weighted by Crippen LogP contribution is -2.30. The first-order valence-electron chi connectivity index (χ1n) is 32.8. The highest BCUT2D eigenvalue weighted by atomic mass is 16.6. The second-order valence-corrected chi connectivity index (χ2v) is 22.0. The molecule has 0 saturated heterocycles. The third-order valence-corrected chi connectivity index (χ3v) is 14.5. The number of unbranched alkanes of at least 4 members (excludes halogenated alkanes) is 39. The van der Waals surface area contributed by atoms with E-state index in [2.05, 4.69) is 81.5 Å². The monoisotopic (exact) mass is 1050 g/mol. The van der Waals surface area contributed by atoms with E-state index in [-0.39, 0.29) is 31.1 Å². The number of esters is 3. The average molecular weight is 1050 g/mol. The molecule has 1 unspecified atom stereocenters. The number of ether oxygens (including phenoxy) is 3. The largest absolute Gasteiger partial charge is 0.462 e. The molecule has 0 aliphatic heterocycles. The lowest BCUT2D eigenvalue weighted by atomic mass is 10.0. The summed E-state index contributed by atoms with van der Waals surface area (Å²) in [4.78, 5) is 38.4. The molecule has 0 aliphatic carbocycles. The van der Waals surface area contributed by atoms with Crippen molar-refractivity contribution in [3.63, 3.8) is 0 Å². The quantitative estimate of drug-likeness (QED) is 0.0261. The summed E-state index contributed by atoms with van der Waals surface area (Å²) in [6.07, 6.45) is 80.7. The molecule has 75 heavy (non-hydrogen) atoms. The average Bonchev–Trinajstić information content (AvgIpc) is 3.41. The van der Waals surface area contributed by atoms with E-state index in [1.807, 2.05) is 0 Å². The third-order valence-electron chi connectivity index (χ3n) is 14.5. The molecule has 0 spiro atoms. The van der Waals surface area contributed by atoms with Crippen molar-refractivity contribution in [1.29, 1.82) is 0 Å². The Morgan fingerprint density at radius 2 is 0.480 bits per heavy atom. The smallest absolute Gasteiger partial charge is 0.306 e. The van der Waals surface area contributed by atoms with Crippen molar-refractivity contribution >= 4 is 17.9 Å². The molecule has 0 aromatic heterocycles. The summed E-state index contributed by atoms with van der Waals surface area (Å²) in [7, 11) is 0. The zero-order valence-corrected chi connectivity index (χ0v) is 50.1. The van der Waals surface area contributed by atoms with E-state index < -0.39 is 6.10 Å². The second-order valence-electron chi connectivity index (χ2n) is 22.0. The van der Waals surface area contributed by atoms with Gasteiger partial charge in [0.05, 0.1) is 0 Å². The van der Waals surface area contributed by atoms with E-state index in [4.69, 9.17) is 14.2 Å². The molecule has 6 nitrogen and oxygen atoms in total. The van der Waals surface area contributed by atoms with Gasteiger partial charge in [-0.1, -0.05) is 293 Å². The fourth-order valence-electron chi connectivity index (χ4n) is 9.54. The van der Waals surface area contributed by atoms with Gasteiger partial charge in [-0.25, -0.2) is 0 Å². The summed E-state index contributed by atoms with van der Waals surface area (Å²) in [5, 5.41) is 0. The molecule has 0 amide bonds.